The van der Waals surface area contributed by atoms with Crippen molar-refractivity contribution in [2.45, 2.75) is 310 Å². The summed E-state index contributed by atoms with van der Waals surface area (Å²) in [7, 11) is 0. The topological polar surface area (TPSA) is 34.1 Å². The number of halogens is 2. The molecule has 4 heteroatoms. The molecular weight excluding hydrogens is 1100 g/mol. The molecule has 402 valence electrons. The SMILES string of the molecule is CCCCCCCCCCCCc1ccc(CCCCCCCCCCCC)c2c1c(=O)c1c(I)c3c(c(I)c12)c(=O)c1c(CCCCCCCCCCCC)ccc(CCCCCCCCCCCC)c13. The van der Waals surface area contributed by atoms with Crippen molar-refractivity contribution in [3.63, 3.8) is 0 Å². The Morgan fingerprint density at radius 3 is 0.625 bits per heavy atom. The van der Waals surface area contributed by atoms with E-state index < -0.39 is 0 Å². The van der Waals surface area contributed by atoms with Crippen LogP contribution in [0.25, 0.3) is 43.1 Å². The molecule has 0 aliphatic carbocycles. The van der Waals surface area contributed by atoms with Gasteiger partial charge in [-0.25, -0.2) is 0 Å². The van der Waals surface area contributed by atoms with Gasteiger partial charge in [-0.15, -0.1) is 0 Å². The van der Waals surface area contributed by atoms with Gasteiger partial charge in [0, 0.05) is 39.5 Å². The first kappa shape index (κ1) is 61.3. The summed E-state index contributed by atoms with van der Waals surface area (Å²) in [5, 5.41) is 8.24. The zero-order valence-corrected chi connectivity index (χ0v) is 51.3. The lowest BCUT2D eigenvalue weighted by atomic mass is 9.94. The fourth-order valence-electron chi connectivity index (χ4n) is 12.3. The minimum atomic E-state index is 0.218. The van der Waals surface area contributed by atoms with Gasteiger partial charge in [-0.05, 0) is 130 Å². The summed E-state index contributed by atoms with van der Waals surface area (Å²) in [6.45, 7) is 9.19. The fourth-order valence-corrected chi connectivity index (χ4v) is 14.5. The molecule has 2 nitrogen and oxygen atoms in total. The van der Waals surface area contributed by atoms with Crippen LogP contribution < -0.4 is 10.9 Å². The summed E-state index contributed by atoms with van der Waals surface area (Å²) in [5.74, 6) is 0. The summed E-state index contributed by atoms with van der Waals surface area (Å²) in [5.41, 5.74) is 5.55. The molecule has 0 aliphatic heterocycles. The molecule has 5 aromatic rings. The van der Waals surface area contributed by atoms with Gasteiger partial charge in [0.25, 0.3) is 0 Å². The summed E-state index contributed by atoms with van der Waals surface area (Å²) in [6, 6.07) is 9.45. The third-order valence-corrected chi connectivity index (χ3v) is 18.9. The Kier molecular flexibility index (Phi) is 31.1. The smallest absolute Gasteiger partial charge is 0.195 e. The molecule has 0 bridgehead atoms. The van der Waals surface area contributed by atoms with Crippen LogP contribution in [0.1, 0.15) is 307 Å². The maximum Gasteiger partial charge on any atom is 0.195 e. The van der Waals surface area contributed by atoms with Crippen LogP contribution in [-0.2, 0) is 25.7 Å². The molecule has 0 heterocycles. The fraction of sp³-hybridized carbons (Fsp3) is 0.706. The van der Waals surface area contributed by atoms with Crippen molar-refractivity contribution in [3.8, 4) is 0 Å². The van der Waals surface area contributed by atoms with E-state index in [0.29, 0.717) is 0 Å². The van der Waals surface area contributed by atoms with Crippen LogP contribution in [-0.4, -0.2) is 0 Å². The molecule has 0 unspecified atom stereocenters. The van der Waals surface area contributed by atoms with Crippen molar-refractivity contribution in [2.75, 3.05) is 0 Å². The van der Waals surface area contributed by atoms with Gasteiger partial charge in [0.15, 0.2) is 10.9 Å². The summed E-state index contributed by atoms with van der Waals surface area (Å²) in [6.07, 6.45) is 56.6. The molecule has 0 atom stereocenters. The molecule has 0 aromatic heterocycles. The first-order valence-corrected chi connectivity index (χ1v) is 33.5. The molecule has 0 aliphatic rings. The predicted molar refractivity (Wildman–Crippen MR) is 339 cm³/mol. The molecule has 0 N–H and O–H groups in total. The number of unbranched alkanes of at least 4 members (excludes halogenated alkanes) is 36. The number of aryl methyl sites for hydroxylation is 4. The molecule has 0 saturated heterocycles. The Morgan fingerprint density at radius 2 is 0.417 bits per heavy atom. The molecule has 0 radical (unpaired) electrons. The van der Waals surface area contributed by atoms with Gasteiger partial charge < -0.3 is 0 Å². The molecule has 0 saturated carbocycles. The molecule has 5 aromatic carbocycles. The number of fused-ring (bicyclic) bond motifs is 6. The molecule has 72 heavy (non-hydrogen) atoms. The van der Waals surface area contributed by atoms with E-state index in [1.807, 2.05) is 0 Å². The van der Waals surface area contributed by atoms with Crippen LogP contribution in [0.3, 0.4) is 0 Å². The third-order valence-electron chi connectivity index (χ3n) is 16.7. The highest BCUT2D eigenvalue weighted by Gasteiger charge is 2.28. The lowest BCUT2D eigenvalue weighted by Crippen LogP contribution is -2.03. The average Bonchev–Trinajstić information content (AvgIpc) is 3.88. The molecule has 5 rings (SSSR count). The molecule has 0 fully saturated rings. The van der Waals surface area contributed by atoms with E-state index in [4.69, 9.17) is 0 Å². The van der Waals surface area contributed by atoms with Crippen molar-refractivity contribution in [3.05, 3.63) is 74.1 Å². The lowest BCUT2D eigenvalue weighted by Gasteiger charge is -2.11. The van der Waals surface area contributed by atoms with Crippen LogP contribution in [0.2, 0.25) is 0 Å². The van der Waals surface area contributed by atoms with E-state index in [0.717, 1.165) is 90.8 Å². The Bertz CT molecular complexity index is 2200. The van der Waals surface area contributed by atoms with Gasteiger partial charge in [-0.2, -0.15) is 0 Å². The molecule has 0 amide bonds. The normalized spacial score (nSPS) is 12.1. The molecular formula is C68H104I2O2. The van der Waals surface area contributed by atoms with Gasteiger partial charge in [0.1, 0.15) is 0 Å². The van der Waals surface area contributed by atoms with E-state index >= 15 is 9.59 Å². The summed E-state index contributed by atoms with van der Waals surface area (Å²) >= 11 is 5.06. The van der Waals surface area contributed by atoms with Crippen molar-refractivity contribution in [1.29, 1.82) is 0 Å². The number of rotatable bonds is 44. The monoisotopic (exact) mass is 1210 g/mol. The molecule has 0 spiro atoms. The Labute approximate surface area is 469 Å². The zero-order valence-electron chi connectivity index (χ0n) is 47.0. The van der Waals surface area contributed by atoms with Gasteiger partial charge in [-0.3, -0.25) is 9.59 Å². The van der Waals surface area contributed by atoms with Crippen molar-refractivity contribution in [1.82, 2.24) is 0 Å². The van der Waals surface area contributed by atoms with Crippen LogP contribution in [0, 0.1) is 7.14 Å². The van der Waals surface area contributed by atoms with Gasteiger partial charge in [0.05, 0.1) is 0 Å². The lowest BCUT2D eigenvalue weighted by molar-refractivity contribution is 0.556. The maximum atomic E-state index is 15.4. The van der Waals surface area contributed by atoms with Gasteiger partial charge >= 0.3 is 0 Å². The number of hydrogen-bond donors (Lipinski definition) is 0. The van der Waals surface area contributed by atoms with E-state index in [-0.39, 0.29) is 10.9 Å². The Balaban J connectivity index is 1.46. The highest BCUT2D eigenvalue weighted by Crippen LogP contribution is 2.44. The first-order chi connectivity index (χ1) is 35.4. The summed E-state index contributed by atoms with van der Waals surface area (Å²) < 4.78 is 2.06. The van der Waals surface area contributed by atoms with Crippen LogP contribution in [0.15, 0.2) is 33.9 Å². The average molecular weight is 1210 g/mol. The van der Waals surface area contributed by atoms with Crippen LogP contribution >= 0.6 is 45.2 Å². The van der Waals surface area contributed by atoms with Crippen LogP contribution in [0.5, 0.6) is 0 Å². The standard InChI is InChI=1S/C68H104I2O2/c1-5-9-13-17-21-25-29-33-37-41-45-53-49-51-55(47-43-39-35-31-27-23-19-15-11-7-3)59-57(53)61-63(67(59)71)66(70)62-58-54(46-42-38-34-30-26-22-18-14-10-6-2)50-52-56(60(58)68(72)64(62)65(61)69)48-44-40-36-32-28-24-20-16-12-8-4/h49-52H,5-48H2,1-4H3. The predicted octanol–water partition coefficient (Wildman–Crippen LogP) is 23.0. The van der Waals surface area contributed by atoms with Gasteiger partial charge in [-0.1, -0.05) is 283 Å². The largest absolute Gasteiger partial charge is 0.289 e. The number of hydrogen-bond acceptors (Lipinski definition) is 2. The van der Waals surface area contributed by atoms with Crippen molar-refractivity contribution >= 4 is 88.3 Å². The third kappa shape index (κ3) is 18.9. The van der Waals surface area contributed by atoms with E-state index in [2.05, 4.69) is 97.1 Å². The second-order valence-electron chi connectivity index (χ2n) is 22.8. The highest BCUT2D eigenvalue weighted by molar-refractivity contribution is 14.1. The maximum absolute atomic E-state index is 15.4. The van der Waals surface area contributed by atoms with Gasteiger partial charge in [0.2, 0.25) is 0 Å². The highest BCUT2D eigenvalue weighted by atomic mass is 127. The minimum absolute atomic E-state index is 0.218. The Morgan fingerprint density at radius 1 is 0.236 bits per heavy atom. The van der Waals surface area contributed by atoms with E-state index in [1.54, 1.807) is 0 Å². The van der Waals surface area contributed by atoms with Crippen molar-refractivity contribution < 1.29 is 0 Å². The second-order valence-corrected chi connectivity index (χ2v) is 24.9. The minimum Gasteiger partial charge on any atom is -0.289 e. The Hall–Kier alpha value is -1.54. The van der Waals surface area contributed by atoms with Crippen molar-refractivity contribution in [2.24, 2.45) is 0 Å². The van der Waals surface area contributed by atoms with E-state index in [9.17, 15) is 0 Å². The zero-order chi connectivity index (χ0) is 51.2. The number of benzene rings is 3. The first-order valence-electron chi connectivity index (χ1n) is 31.4. The summed E-state index contributed by atoms with van der Waals surface area (Å²) in [4.78, 5) is 30.8. The van der Waals surface area contributed by atoms with Crippen LogP contribution in [0.4, 0.5) is 0 Å². The quantitative estimate of drug-likeness (QED) is 0.0288. The van der Waals surface area contributed by atoms with E-state index in [1.165, 1.54) is 264 Å². The second kappa shape index (κ2) is 36.5.